The molecule has 3 aromatic rings. The number of nitrogens with one attached hydrogen (secondary N) is 1. The number of rotatable bonds is 7. The molecule has 152 valence electrons. The Hall–Kier alpha value is -3.55. The number of aromatic nitrogens is 2. The molecule has 1 heterocycles. The van der Waals surface area contributed by atoms with Gasteiger partial charge in [-0.3, -0.25) is 9.78 Å². The van der Waals surface area contributed by atoms with Crippen LogP contribution in [0.25, 0.3) is 10.9 Å². The van der Waals surface area contributed by atoms with Gasteiger partial charge in [-0.2, -0.15) is 0 Å². The summed E-state index contributed by atoms with van der Waals surface area (Å²) in [5, 5.41) is 0.444. The molecule has 0 saturated heterocycles. The summed E-state index contributed by atoms with van der Waals surface area (Å²) < 4.78 is 10.6. The van der Waals surface area contributed by atoms with Crippen molar-refractivity contribution in [3.63, 3.8) is 0 Å². The summed E-state index contributed by atoms with van der Waals surface area (Å²) in [5.41, 5.74) is 2.22. The molecular weight excluding hydrogens is 370 g/mol. The van der Waals surface area contributed by atoms with E-state index in [1.807, 2.05) is 55.2 Å². The van der Waals surface area contributed by atoms with Gasteiger partial charge in [-0.15, -0.1) is 0 Å². The van der Waals surface area contributed by atoms with Crippen molar-refractivity contribution < 1.29 is 9.47 Å². The molecule has 0 amide bonds. The van der Waals surface area contributed by atoms with Crippen molar-refractivity contribution in [2.24, 2.45) is 4.99 Å². The summed E-state index contributed by atoms with van der Waals surface area (Å²) in [7, 11) is 8.81. The third-order valence-corrected chi connectivity index (χ3v) is 4.33. The Morgan fingerprint density at radius 1 is 1.10 bits per heavy atom. The quantitative estimate of drug-likeness (QED) is 0.489. The van der Waals surface area contributed by atoms with E-state index in [0.717, 1.165) is 11.3 Å². The molecule has 1 aromatic heterocycles. The minimum Gasteiger partial charge on any atom is -0.493 e. The second kappa shape index (κ2) is 8.64. The van der Waals surface area contributed by atoms with E-state index in [4.69, 9.17) is 9.47 Å². The van der Waals surface area contributed by atoms with E-state index in [0.29, 0.717) is 34.9 Å². The molecule has 8 heteroatoms. The molecule has 0 atom stereocenters. The number of methoxy groups -OCH3 is 2. The Morgan fingerprint density at radius 2 is 1.83 bits per heavy atom. The number of fused-ring (bicyclic) bond motifs is 1. The minimum absolute atomic E-state index is 0.234. The number of ether oxygens (including phenoxy) is 2. The van der Waals surface area contributed by atoms with E-state index in [1.54, 1.807) is 25.6 Å². The third-order valence-electron chi connectivity index (χ3n) is 4.33. The van der Waals surface area contributed by atoms with E-state index in [-0.39, 0.29) is 5.56 Å². The number of aromatic amines is 1. The van der Waals surface area contributed by atoms with Gasteiger partial charge in [0.15, 0.2) is 11.5 Å². The fraction of sp³-hybridized carbons (Fsp3) is 0.286. The first kappa shape index (κ1) is 20.2. The van der Waals surface area contributed by atoms with Gasteiger partial charge >= 0.3 is 0 Å². The Bertz CT molecular complexity index is 1090. The zero-order valence-corrected chi connectivity index (χ0v) is 17.3. The third kappa shape index (κ3) is 4.66. The number of aliphatic imine (C=N–C) groups is 1. The minimum atomic E-state index is -0.234. The summed E-state index contributed by atoms with van der Waals surface area (Å²) in [5.74, 6) is 1.48. The molecule has 0 fully saturated rings. The van der Waals surface area contributed by atoms with Crippen LogP contribution in [-0.4, -0.2) is 56.6 Å². The maximum absolute atomic E-state index is 12.6. The predicted octanol–water partition coefficient (Wildman–Crippen LogP) is 2.80. The molecule has 0 aliphatic heterocycles. The van der Waals surface area contributed by atoms with E-state index in [1.165, 1.54) is 7.11 Å². The number of nitrogens with zero attached hydrogens (tertiary/aromatic N) is 4. The first-order valence-electron chi connectivity index (χ1n) is 9.08. The highest BCUT2D eigenvalue weighted by atomic mass is 16.5. The van der Waals surface area contributed by atoms with Crippen LogP contribution in [0.3, 0.4) is 0 Å². The zero-order valence-electron chi connectivity index (χ0n) is 17.3. The molecule has 0 spiro atoms. The van der Waals surface area contributed by atoms with Gasteiger partial charge in [0.1, 0.15) is 0 Å². The van der Waals surface area contributed by atoms with E-state index in [2.05, 4.69) is 15.0 Å². The van der Waals surface area contributed by atoms with Gasteiger partial charge in [0, 0.05) is 33.8 Å². The number of benzene rings is 2. The highest BCUT2D eigenvalue weighted by molar-refractivity contribution is 5.82. The Morgan fingerprint density at radius 3 is 2.52 bits per heavy atom. The number of anilines is 1. The van der Waals surface area contributed by atoms with Crippen molar-refractivity contribution in [3.8, 4) is 11.5 Å². The highest BCUT2D eigenvalue weighted by Crippen LogP contribution is 2.30. The van der Waals surface area contributed by atoms with Gasteiger partial charge in [0.2, 0.25) is 5.95 Å². The Kier molecular flexibility index (Phi) is 6.01. The van der Waals surface area contributed by atoms with Crippen molar-refractivity contribution in [2.45, 2.75) is 6.54 Å². The summed E-state index contributed by atoms with van der Waals surface area (Å²) in [6.45, 7) is 0.563. The van der Waals surface area contributed by atoms with Crippen LogP contribution in [0.2, 0.25) is 0 Å². The number of hydrogen-bond donors (Lipinski definition) is 1. The van der Waals surface area contributed by atoms with Gasteiger partial charge in [-0.1, -0.05) is 12.1 Å². The monoisotopic (exact) mass is 395 g/mol. The first-order valence-corrected chi connectivity index (χ1v) is 9.08. The van der Waals surface area contributed by atoms with Crippen molar-refractivity contribution in [1.82, 2.24) is 14.9 Å². The Balaban J connectivity index is 1.90. The molecule has 2 aromatic carbocycles. The lowest BCUT2D eigenvalue weighted by Gasteiger charge is -2.18. The fourth-order valence-electron chi connectivity index (χ4n) is 2.90. The molecule has 29 heavy (non-hydrogen) atoms. The molecule has 8 nitrogen and oxygen atoms in total. The largest absolute Gasteiger partial charge is 0.493 e. The lowest BCUT2D eigenvalue weighted by molar-refractivity contribution is 0.355. The maximum atomic E-state index is 12.6. The predicted molar refractivity (Wildman–Crippen MR) is 116 cm³/mol. The molecule has 0 aliphatic carbocycles. The molecule has 0 saturated carbocycles. The summed E-state index contributed by atoms with van der Waals surface area (Å²) in [4.78, 5) is 28.2. The topological polar surface area (TPSA) is 83.0 Å². The van der Waals surface area contributed by atoms with Crippen molar-refractivity contribution >= 4 is 28.9 Å². The maximum Gasteiger partial charge on any atom is 0.260 e. The standard InChI is InChI=1S/C21H25N5O3/c1-25(2)13-22-15-8-6-7-14(9-15)12-26(3)21-23-17-11-19(29-5)18(28-4)10-16(17)20(27)24-21/h6-11,13H,12H2,1-5H3,(H,23,24,27). The van der Waals surface area contributed by atoms with Crippen LogP contribution in [0.15, 0.2) is 46.2 Å². The molecule has 0 bridgehead atoms. The first-order chi connectivity index (χ1) is 13.9. The van der Waals surface area contributed by atoms with E-state index >= 15 is 0 Å². The van der Waals surface area contributed by atoms with E-state index < -0.39 is 0 Å². The molecule has 0 radical (unpaired) electrons. The van der Waals surface area contributed by atoms with Gasteiger partial charge in [0.25, 0.3) is 5.56 Å². The molecule has 0 aliphatic rings. The second-order valence-corrected chi connectivity index (χ2v) is 6.85. The Labute approximate surface area is 169 Å². The van der Waals surface area contributed by atoms with Crippen molar-refractivity contribution in [3.05, 3.63) is 52.3 Å². The molecule has 0 unspecified atom stereocenters. The highest BCUT2D eigenvalue weighted by Gasteiger charge is 2.13. The molecule has 1 N–H and O–H groups in total. The second-order valence-electron chi connectivity index (χ2n) is 6.85. The average molecular weight is 395 g/mol. The summed E-state index contributed by atoms with van der Waals surface area (Å²) in [6.07, 6.45) is 1.76. The van der Waals surface area contributed by atoms with Gasteiger partial charge in [-0.05, 0) is 23.8 Å². The lowest BCUT2D eigenvalue weighted by Crippen LogP contribution is -2.22. The van der Waals surface area contributed by atoms with Crippen LogP contribution in [0.4, 0.5) is 11.6 Å². The molecule has 3 rings (SSSR count). The lowest BCUT2D eigenvalue weighted by atomic mass is 10.2. The van der Waals surface area contributed by atoms with Gasteiger partial charge in [0.05, 0.1) is 37.1 Å². The number of hydrogen-bond acceptors (Lipinski definition) is 6. The van der Waals surface area contributed by atoms with Gasteiger partial charge < -0.3 is 19.3 Å². The van der Waals surface area contributed by atoms with Crippen LogP contribution >= 0.6 is 0 Å². The van der Waals surface area contributed by atoms with Crippen LogP contribution in [0.5, 0.6) is 11.5 Å². The summed E-state index contributed by atoms with van der Waals surface area (Å²) in [6, 6.07) is 11.3. The average Bonchev–Trinajstić information content (AvgIpc) is 2.71. The van der Waals surface area contributed by atoms with Crippen LogP contribution in [0.1, 0.15) is 5.56 Å². The molecular formula is C21H25N5O3. The smallest absolute Gasteiger partial charge is 0.260 e. The van der Waals surface area contributed by atoms with Crippen molar-refractivity contribution in [2.75, 3.05) is 40.3 Å². The van der Waals surface area contributed by atoms with Crippen LogP contribution in [-0.2, 0) is 6.54 Å². The SMILES string of the molecule is COc1cc2nc(N(C)Cc3cccc(N=CN(C)C)c3)[nH]c(=O)c2cc1OC. The summed E-state index contributed by atoms with van der Waals surface area (Å²) >= 11 is 0. The van der Waals surface area contributed by atoms with Crippen LogP contribution in [0, 0.1) is 0 Å². The normalized spacial score (nSPS) is 11.1. The van der Waals surface area contributed by atoms with Crippen LogP contribution < -0.4 is 19.9 Å². The van der Waals surface area contributed by atoms with Crippen molar-refractivity contribution in [1.29, 1.82) is 0 Å². The fourth-order valence-corrected chi connectivity index (χ4v) is 2.90. The number of H-pyrrole nitrogens is 1. The van der Waals surface area contributed by atoms with Gasteiger partial charge in [-0.25, -0.2) is 9.98 Å². The zero-order chi connectivity index (χ0) is 21.0. The van der Waals surface area contributed by atoms with E-state index in [9.17, 15) is 4.79 Å².